The van der Waals surface area contributed by atoms with Crippen molar-refractivity contribution in [3.63, 3.8) is 0 Å². The van der Waals surface area contributed by atoms with Crippen LogP contribution in [-0.4, -0.2) is 68.4 Å². The van der Waals surface area contributed by atoms with E-state index < -0.39 is 6.10 Å². The van der Waals surface area contributed by atoms with Crippen molar-refractivity contribution in [3.05, 3.63) is 21.3 Å². The molecule has 0 spiro atoms. The Morgan fingerprint density at radius 3 is 3.04 bits per heavy atom. The zero-order chi connectivity index (χ0) is 16.7. The third kappa shape index (κ3) is 6.27. The average Bonchev–Trinajstić information content (AvgIpc) is 2.96. The summed E-state index contributed by atoms with van der Waals surface area (Å²) in [5.41, 5.74) is 0. The summed E-state index contributed by atoms with van der Waals surface area (Å²) in [4.78, 5) is 7.52. The highest BCUT2D eigenvalue weighted by atomic mass is 35.5. The normalized spacial score (nSPS) is 21.2. The second kappa shape index (κ2) is 9.44. The summed E-state index contributed by atoms with van der Waals surface area (Å²) in [7, 11) is 2.09. The summed E-state index contributed by atoms with van der Waals surface area (Å²) in [5, 5.41) is 16.6. The fourth-order valence-corrected chi connectivity index (χ4v) is 3.36. The Kier molecular flexibility index (Phi) is 7.58. The first kappa shape index (κ1) is 18.5. The third-order valence-corrected chi connectivity index (χ3v) is 4.86. The fourth-order valence-electron chi connectivity index (χ4n) is 2.32. The minimum absolute atomic E-state index is 0.152. The molecule has 2 unspecified atom stereocenters. The van der Waals surface area contributed by atoms with E-state index in [1.54, 1.807) is 6.07 Å². The molecule has 1 saturated heterocycles. The molecular weight excluding hydrogens is 336 g/mol. The van der Waals surface area contributed by atoms with Crippen LogP contribution in [0.25, 0.3) is 0 Å². The van der Waals surface area contributed by atoms with E-state index in [0.717, 1.165) is 31.1 Å². The van der Waals surface area contributed by atoms with Gasteiger partial charge in [0.15, 0.2) is 5.96 Å². The second-order valence-corrected chi connectivity index (χ2v) is 7.26. The summed E-state index contributed by atoms with van der Waals surface area (Å²) in [6.45, 7) is 6.39. The number of likely N-dealkylation sites (N-methyl/N-ethyl adjacent to an activating group) is 1. The van der Waals surface area contributed by atoms with Crippen LogP contribution < -0.4 is 10.6 Å². The van der Waals surface area contributed by atoms with E-state index in [9.17, 15) is 5.11 Å². The zero-order valence-corrected chi connectivity index (χ0v) is 15.2. The average molecular weight is 361 g/mol. The zero-order valence-electron chi connectivity index (χ0n) is 13.6. The minimum Gasteiger partial charge on any atom is -0.386 e. The van der Waals surface area contributed by atoms with Crippen LogP contribution in [0.15, 0.2) is 17.1 Å². The van der Waals surface area contributed by atoms with Crippen molar-refractivity contribution in [3.8, 4) is 0 Å². The van der Waals surface area contributed by atoms with Crippen molar-refractivity contribution < 1.29 is 9.84 Å². The van der Waals surface area contributed by atoms with Gasteiger partial charge in [-0.3, -0.25) is 4.99 Å². The Balaban J connectivity index is 1.84. The van der Waals surface area contributed by atoms with Gasteiger partial charge in [0, 0.05) is 31.1 Å². The van der Waals surface area contributed by atoms with E-state index in [0.29, 0.717) is 16.8 Å². The number of ether oxygens (including phenoxy) is 1. The fraction of sp³-hybridized carbons (Fsp3) is 0.667. The Hall–Kier alpha value is -0.860. The first-order valence-electron chi connectivity index (χ1n) is 7.84. The molecule has 23 heavy (non-hydrogen) atoms. The molecule has 2 atom stereocenters. The van der Waals surface area contributed by atoms with E-state index in [-0.39, 0.29) is 12.6 Å². The molecular formula is C15H25ClN4O2S. The number of nitrogens with one attached hydrogen (secondary N) is 2. The number of nitrogens with zero attached hydrogens (tertiary/aromatic N) is 2. The van der Waals surface area contributed by atoms with Gasteiger partial charge < -0.3 is 25.4 Å². The smallest absolute Gasteiger partial charge is 0.191 e. The number of aliphatic hydroxyl groups excluding tert-OH is 1. The van der Waals surface area contributed by atoms with Gasteiger partial charge in [-0.15, -0.1) is 11.3 Å². The summed E-state index contributed by atoms with van der Waals surface area (Å²) >= 11 is 7.27. The molecule has 2 heterocycles. The highest BCUT2D eigenvalue weighted by Crippen LogP contribution is 2.26. The number of aliphatic hydroxyl groups is 1. The highest BCUT2D eigenvalue weighted by molar-refractivity contribution is 7.16. The maximum atomic E-state index is 10.2. The second-order valence-electron chi connectivity index (χ2n) is 5.51. The van der Waals surface area contributed by atoms with E-state index in [2.05, 4.69) is 27.6 Å². The first-order chi connectivity index (χ1) is 11.1. The van der Waals surface area contributed by atoms with E-state index >= 15 is 0 Å². The molecule has 1 fully saturated rings. The molecule has 130 valence electrons. The molecule has 0 radical (unpaired) electrons. The number of hydrogen-bond donors (Lipinski definition) is 3. The van der Waals surface area contributed by atoms with Crippen molar-refractivity contribution >= 4 is 28.9 Å². The van der Waals surface area contributed by atoms with Crippen molar-refractivity contribution in [2.75, 3.05) is 46.4 Å². The summed E-state index contributed by atoms with van der Waals surface area (Å²) in [6.07, 6.45) is -0.487. The number of morpholine rings is 1. The molecule has 8 heteroatoms. The van der Waals surface area contributed by atoms with Gasteiger partial charge in [0.25, 0.3) is 0 Å². The van der Waals surface area contributed by atoms with Crippen LogP contribution in [0.4, 0.5) is 0 Å². The molecule has 0 aromatic carbocycles. The topological polar surface area (TPSA) is 69.1 Å². The van der Waals surface area contributed by atoms with Crippen LogP contribution in [0.1, 0.15) is 17.9 Å². The van der Waals surface area contributed by atoms with Crippen molar-refractivity contribution in [2.45, 2.75) is 19.1 Å². The van der Waals surface area contributed by atoms with Gasteiger partial charge in [0.2, 0.25) is 0 Å². The molecule has 0 bridgehead atoms. The first-order valence-corrected chi connectivity index (χ1v) is 9.03. The molecule has 3 N–H and O–H groups in total. The monoisotopic (exact) mass is 360 g/mol. The summed E-state index contributed by atoms with van der Waals surface area (Å²) in [5.74, 6) is 0.686. The van der Waals surface area contributed by atoms with Gasteiger partial charge in [-0.25, -0.2) is 0 Å². The molecule has 0 saturated carbocycles. The Morgan fingerprint density at radius 2 is 2.39 bits per heavy atom. The molecule has 1 aliphatic rings. The maximum absolute atomic E-state index is 10.2. The van der Waals surface area contributed by atoms with Gasteiger partial charge in [-0.2, -0.15) is 0 Å². The van der Waals surface area contributed by atoms with Crippen LogP contribution in [0, 0.1) is 0 Å². The van der Waals surface area contributed by atoms with Crippen LogP contribution in [0.2, 0.25) is 4.34 Å². The number of hydrogen-bond acceptors (Lipinski definition) is 5. The van der Waals surface area contributed by atoms with Crippen molar-refractivity contribution in [1.82, 2.24) is 15.5 Å². The molecule has 2 rings (SSSR count). The van der Waals surface area contributed by atoms with Crippen LogP contribution >= 0.6 is 22.9 Å². The van der Waals surface area contributed by atoms with Crippen molar-refractivity contribution in [2.24, 2.45) is 4.99 Å². The number of halogens is 1. The summed E-state index contributed by atoms with van der Waals surface area (Å²) < 4.78 is 6.40. The van der Waals surface area contributed by atoms with Crippen LogP contribution in [-0.2, 0) is 4.74 Å². The van der Waals surface area contributed by atoms with Crippen LogP contribution in [0.5, 0.6) is 0 Å². The number of aliphatic imine (C=N–C) groups is 1. The number of guanidine groups is 1. The van der Waals surface area contributed by atoms with E-state index in [4.69, 9.17) is 16.3 Å². The minimum atomic E-state index is -0.639. The number of thiophene rings is 1. The van der Waals surface area contributed by atoms with Crippen molar-refractivity contribution in [1.29, 1.82) is 0 Å². The molecule has 6 nitrogen and oxygen atoms in total. The Bertz CT molecular complexity index is 511. The standard InChI is InChI=1S/C15H25ClN4O2S/c1-3-17-15(18-8-11-10-20(2)6-7-22-11)19-9-12(21)13-4-5-14(16)23-13/h4-5,11-12,21H,3,6-10H2,1-2H3,(H2,17,18,19). The van der Waals surface area contributed by atoms with E-state index in [1.165, 1.54) is 11.3 Å². The maximum Gasteiger partial charge on any atom is 0.191 e. The van der Waals surface area contributed by atoms with Gasteiger partial charge in [-0.05, 0) is 26.1 Å². The lowest BCUT2D eigenvalue weighted by Gasteiger charge is -2.30. The molecule has 1 aromatic heterocycles. The summed E-state index contributed by atoms with van der Waals surface area (Å²) in [6, 6.07) is 3.62. The predicted molar refractivity (Wildman–Crippen MR) is 95.5 cm³/mol. The quantitative estimate of drug-likeness (QED) is 0.527. The lowest BCUT2D eigenvalue weighted by Crippen LogP contribution is -2.48. The van der Waals surface area contributed by atoms with Gasteiger partial charge in [0.1, 0.15) is 6.10 Å². The number of rotatable bonds is 6. The third-order valence-electron chi connectivity index (χ3n) is 3.53. The Labute approximate surface area is 146 Å². The lowest BCUT2D eigenvalue weighted by atomic mass is 10.3. The predicted octanol–water partition coefficient (Wildman–Crippen LogP) is 1.32. The van der Waals surface area contributed by atoms with Gasteiger partial charge >= 0.3 is 0 Å². The highest BCUT2D eigenvalue weighted by Gasteiger charge is 2.18. The SMILES string of the molecule is CCNC(=NCC(O)c1ccc(Cl)s1)NCC1CN(C)CCO1. The molecule has 0 aliphatic carbocycles. The lowest BCUT2D eigenvalue weighted by molar-refractivity contribution is -0.0161. The molecule has 0 amide bonds. The van der Waals surface area contributed by atoms with Gasteiger partial charge in [-0.1, -0.05) is 11.6 Å². The molecule has 1 aliphatic heterocycles. The van der Waals surface area contributed by atoms with Crippen LogP contribution in [0.3, 0.4) is 0 Å². The Morgan fingerprint density at radius 1 is 1.57 bits per heavy atom. The van der Waals surface area contributed by atoms with Gasteiger partial charge in [0.05, 0.1) is 23.6 Å². The molecule has 1 aromatic rings. The van der Waals surface area contributed by atoms with E-state index in [1.807, 2.05) is 13.0 Å². The largest absolute Gasteiger partial charge is 0.386 e.